The molecule has 0 aliphatic carbocycles. The summed E-state index contributed by atoms with van der Waals surface area (Å²) in [7, 11) is 0. The van der Waals surface area contributed by atoms with Crippen molar-refractivity contribution in [2.75, 3.05) is 13.2 Å². The standard InChI is InChI=1S/C7H11F3O6/c8-7(9,10)6(15)16-2-4(13)5(14)3(12)1-11/h3-5,11-14H,1-2H2/t3-,4-,5-/m1/s1. The molecule has 6 nitrogen and oxygen atoms in total. The molecule has 0 aromatic heterocycles. The number of hydrogen-bond acceptors (Lipinski definition) is 6. The van der Waals surface area contributed by atoms with E-state index in [4.69, 9.17) is 20.4 Å². The zero-order chi connectivity index (χ0) is 12.9. The molecule has 16 heavy (non-hydrogen) atoms. The van der Waals surface area contributed by atoms with Crippen LogP contribution in [0.3, 0.4) is 0 Å². The molecule has 0 rings (SSSR count). The van der Waals surface area contributed by atoms with Gasteiger partial charge in [-0.25, -0.2) is 4.79 Å². The molecule has 0 fully saturated rings. The van der Waals surface area contributed by atoms with Crippen LogP contribution >= 0.6 is 0 Å². The van der Waals surface area contributed by atoms with Gasteiger partial charge in [0.2, 0.25) is 0 Å². The van der Waals surface area contributed by atoms with Gasteiger partial charge in [0.1, 0.15) is 24.9 Å². The van der Waals surface area contributed by atoms with Gasteiger partial charge in [0.15, 0.2) is 0 Å². The fourth-order valence-corrected chi connectivity index (χ4v) is 0.706. The Bertz CT molecular complexity index is 231. The SMILES string of the molecule is O=C(OC[C@@H](O)[C@H](O)[C@H](O)CO)C(F)(F)F. The largest absolute Gasteiger partial charge is 0.490 e. The maximum atomic E-state index is 11.6. The van der Waals surface area contributed by atoms with Gasteiger partial charge in [-0.05, 0) is 0 Å². The molecule has 0 unspecified atom stereocenters. The number of aliphatic hydroxyl groups is 4. The van der Waals surface area contributed by atoms with Gasteiger partial charge in [-0.3, -0.25) is 0 Å². The zero-order valence-corrected chi connectivity index (χ0v) is 7.89. The van der Waals surface area contributed by atoms with E-state index in [1.54, 1.807) is 0 Å². The summed E-state index contributed by atoms with van der Waals surface area (Å²) in [6.45, 7) is -2.04. The first-order valence-electron chi connectivity index (χ1n) is 4.09. The van der Waals surface area contributed by atoms with Crippen LogP contribution in [-0.2, 0) is 9.53 Å². The first kappa shape index (κ1) is 15.1. The van der Waals surface area contributed by atoms with Crippen molar-refractivity contribution in [2.24, 2.45) is 0 Å². The minimum Gasteiger partial charge on any atom is -0.456 e. The molecule has 0 saturated heterocycles. The van der Waals surface area contributed by atoms with Crippen LogP contribution in [0.2, 0.25) is 0 Å². The smallest absolute Gasteiger partial charge is 0.456 e. The predicted molar refractivity (Wildman–Crippen MR) is 42.1 cm³/mol. The number of halogens is 3. The topological polar surface area (TPSA) is 107 Å². The lowest BCUT2D eigenvalue weighted by Gasteiger charge is -2.21. The minimum absolute atomic E-state index is 0.897. The van der Waals surface area contributed by atoms with E-state index in [2.05, 4.69) is 4.74 Å². The van der Waals surface area contributed by atoms with E-state index in [1.165, 1.54) is 0 Å². The van der Waals surface area contributed by atoms with Crippen LogP contribution in [0.4, 0.5) is 13.2 Å². The normalized spacial score (nSPS) is 17.7. The average molecular weight is 248 g/mol. The monoisotopic (exact) mass is 248 g/mol. The van der Waals surface area contributed by atoms with Gasteiger partial charge in [0.05, 0.1) is 6.61 Å². The van der Waals surface area contributed by atoms with E-state index >= 15 is 0 Å². The van der Waals surface area contributed by atoms with Gasteiger partial charge in [-0.15, -0.1) is 0 Å². The second kappa shape index (κ2) is 5.99. The third-order valence-electron chi connectivity index (χ3n) is 1.59. The number of esters is 1. The highest BCUT2D eigenvalue weighted by atomic mass is 19.4. The van der Waals surface area contributed by atoms with Crippen LogP contribution in [0, 0.1) is 0 Å². The van der Waals surface area contributed by atoms with Gasteiger partial charge in [-0.1, -0.05) is 0 Å². The number of carbonyl (C=O) groups is 1. The fourth-order valence-electron chi connectivity index (χ4n) is 0.706. The molecule has 0 aliphatic heterocycles. The Balaban J connectivity index is 4.08. The van der Waals surface area contributed by atoms with Crippen LogP contribution in [0.5, 0.6) is 0 Å². The van der Waals surface area contributed by atoms with Crippen molar-refractivity contribution in [3.05, 3.63) is 0 Å². The highest BCUT2D eigenvalue weighted by molar-refractivity contribution is 5.75. The summed E-state index contributed by atoms with van der Waals surface area (Å²) in [5.41, 5.74) is 0. The van der Waals surface area contributed by atoms with E-state index in [0.29, 0.717) is 0 Å². The van der Waals surface area contributed by atoms with Gasteiger partial charge in [0, 0.05) is 0 Å². The van der Waals surface area contributed by atoms with Crippen molar-refractivity contribution in [1.82, 2.24) is 0 Å². The van der Waals surface area contributed by atoms with E-state index in [0.717, 1.165) is 0 Å². The predicted octanol–water partition coefficient (Wildman–Crippen LogP) is -1.83. The van der Waals surface area contributed by atoms with Crippen molar-refractivity contribution < 1.29 is 43.1 Å². The summed E-state index contributed by atoms with van der Waals surface area (Å²) < 4.78 is 38.5. The Morgan fingerprint density at radius 1 is 1.19 bits per heavy atom. The highest BCUT2D eigenvalue weighted by Gasteiger charge is 2.41. The van der Waals surface area contributed by atoms with Gasteiger partial charge in [0.25, 0.3) is 0 Å². The van der Waals surface area contributed by atoms with Crippen molar-refractivity contribution in [1.29, 1.82) is 0 Å². The van der Waals surface area contributed by atoms with Gasteiger partial charge < -0.3 is 25.2 Å². The van der Waals surface area contributed by atoms with Gasteiger partial charge >= 0.3 is 12.1 Å². The molecule has 0 radical (unpaired) electrons. The lowest BCUT2D eigenvalue weighted by atomic mass is 10.1. The van der Waals surface area contributed by atoms with Crippen LogP contribution in [0.25, 0.3) is 0 Å². The van der Waals surface area contributed by atoms with Crippen LogP contribution in [-0.4, -0.2) is 64.1 Å². The van der Waals surface area contributed by atoms with Crippen molar-refractivity contribution in [2.45, 2.75) is 24.5 Å². The lowest BCUT2D eigenvalue weighted by Crippen LogP contribution is -2.43. The van der Waals surface area contributed by atoms with E-state index < -0.39 is 43.7 Å². The Kier molecular flexibility index (Phi) is 5.65. The van der Waals surface area contributed by atoms with E-state index in [-0.39, 0.29) is 0 Å². The molecule has 4 N–H and O–H groups in total. The highest BCUT2D eigenvalue weighted by Crippen LogP contribution is 2.16. The molecular weight excluding hydrogens is 237 g/mol. The van der Waals surface area contributed by atoms with Crippen molar-refractivity contribution in [3.8, 4) is 0 Å². The maximum Gasteiger partial charge on any atom is 0.490 e. The molecule has 0 aromatic rings. The summed E-state index contributed by atoms with van der Waals surface area (Å²) in [5.74, 6) is -2.52. The molecule has 3 atom stereocenters. The summed E-state index contributed by atoms with van der Waals surface area (Å²) in [6, 6.07) is 0. The summed E-state index contributed by atoms with van der Waals surface area (Å²) >= 11 is 0. The van der Waals surface area contributed by atoms with Crippen LogP contribution in [0.1, 0.15) is 0 Å². The van der Waals surface area contributed by atoms with Gasteiger partial charge in [-0.2, -0.15) is 13.2 Å². The van der Waals surface area contributed by atoms with Crippen molar-refractivity contribution in [3.63, 3.8) is 0 Å². The molecule has 0 bridgehead atoms. The third kappa shape index (κ3) is 4.75. The average Bonchev–Trinajstić information content (AvgIpc) is 2.21. The second-order valence-electron chi connectivity index (χ2n) is 2.90. The van der Waals surface area contributed by atoms with Crippen molar-refractivity contribution >= 4 is 5.97 Å². The van der Waals surface area contributed by atoms with Crippen LogP contribution < -0.4 is 0 Å². The number of rotatable bonds is 5. The Morgan fingerprint density at radius 2 is 1.69 bits per heavy atom. The Labute approximate surface area is 87.9 Å². The van der Waals surface area contributed by atoms with Crippen LogP contribution in [0.15, 0.2) is 0 Å². The van der Waals surface area contributed by atoms with E-state index in [9.17, 15) is 18.0 Å². The summed E-state index contributed by atoms with van der Waals surface area (Å²) in [4.78, 5) is 10.2. The first-order chi connectivity index (χ1) is 7.20. The minimum atomic E-state index is -5.19. The molecule has 0 saturated carbocycles. The number of ether oxygens (including phenoxy) is 1. The maximum absolute atomic E-state index is 11.6. The zero-order valence-electron chi connectivity index (χ0n) is 7.89. The summed E-state index contributed by atoms with van der Waals surface area (Å²) in [5, 5.41) is 35.1. The fraction of sp³-hybridized carbons (Fsp3) is 0.857. The number of alkyl halides is 3. The molecule has 0 aromatic carbocycles. The molecule has 96 valence electrons. The Morgan fingerprint density at radius 3 is 2.06 bits per heavy atom. The molecule has 0 spiro atoms. The number of aliphatic hydroxyl groups excluding tert-OH is 4. The lowest BCUT2D eigenvalue weighted by molar-refractivity contribution is -0.204. The third-order valence-corrected chi connectivity index (χ3v) is 1.59. The molecule has 0 amide bonds. The first-order valence-corrected chi connectivity index (χ1v) is 4.09. The number of hydrogen-bond donors (Lipinski definition) is 4. The second-order valence-corrected chi connectivity index (χ2v) is 2.90. The molecule has 0 heterocycles. The Hall–Kier alpha value is -0.900. The molecular formula is C7H11F3O6. The van der Waals surface area contributed by atoms with E-state index in [1.807, 2.05) is 0 Å². The number of carbonyl (C=O) groups excluding carboxylic acids is 1. The molecule has 0 aliphatic rings. The molecule has 9 heteroatoms. The summed E-state index contributed by atoms with van der Waals surface area (Å²) in [6.07, 6.45) is -10.8. The quantitative estimate of drug-likeness (QED) is 0.426.